The Morgan fingerprint density at radius 3 is 2.59 bits per heavy atom. The summed E-state index contributed by atoms with van der Waals surface area (Å²) in [6.45, 7) is 6.41. The summed E-state index contributed by atoms with van der Waals surface area (Å²) in [4.78, 5) is 27.5. The first-order chi connectivity index (χ1) is 18.8. The standard InChI is InChI=1S/C32H31FN2O4/c1-20(2)32(37)35-16-15-22-9-12-26(18-28(22)30(35)23-5-4-6-24(33)17-23)38-19-27-13-14-29(39-27)31(36)34-25-10-7-21(3)8-11-25/h4-14,17-18,20,30H,15-16,19H2,1-3H3,(H,34,36)/t30-/m0/s1. The van der Waals surface area contributed by atoms with Crippen molar-refractivity contribution in [2.75, 3.05) is 11.9 Å². The molecule has 1 aliphatic heterocycles. The Balaban J connectivity index is 1.34. The van der Waals surface area contributed by atoms with Crippen LogP contribution in [0, 0.1) is 18.7 Å². The highest BCUT2D eigenvalue weighted by Gasteiger charge is 2.33. The van der Waals surface area contributed by atoms with E-state index in [4.69, 9.17) is 9.15 Å². The Labute approximate surface area is 227 Å². The first-order valence-electron chi connectivity index (χ1n) is 13.1. The summed E-state index contributed by atoms with van der Waals surface area (Å²) in [5.41, 5.74) is 4.52. The highest BCUT2D eigenvalue weighted by Crippen LogP contribution is 2.38. The second kappa shape index (κ2) is 11.2. The third-order valence-electron chi connectivity index (χ3n) is 6.86. The maximum Gasteiger partial charge on any atom is 0.291 e. The van der Waals surface area contributed by atoms with Crippen LogP contribution in [-0.2, 0) is 17.8 Å². The van der Waals surface area contributed by atoms with Gasteiger partial charge < -0.3 is 19.4 Å². The van der Waals surface area contributed by atoms with Crippen molar-refractivity contribution in [1.82, 2.24) is 4.90 Å². The molecule has 0 unspecified atom stereocenters. The van der Waals surface area contributed by atoms with Gasteiger partial charge in [-0.25, -0.2) is 4.39 Å². The van der Waals surface area contributed by atoms with Gasteiger partial charge >= 0.3 is 0 Å². The van der Waals surface area contributed by atoms with Crippen LogP contribution in [0.4, 0.5) is 10.1 Å². The molecule has 2 heterocycles. The number of furan rings is 1. The number of hydrogen-bond acceptors (Lipinski definition) is 4. The minimum absolute atomic E-state index is 0.0215. The van der Waals surface area contributed by atoms with Gasteiger partial charge in [-0.2, -0.15) is 0 Å². The van der Waals surface area contributed by atoms with Crippen molar-refractivity contribution in [2.45, 2.75) is 39.8 Å². The molecular formula is C32H31FN2O4. The van der Waals surface area contributed by atoms with E-state index in [-0.39, 0.29) is 35.9 Å². The third-order valence-corrected chi connectivity index (χ3v) is 6.86. The zero-order valence-electron chi connectivity index (χ0n) is 22.2. The van der Waals surface area contributed by atoms with Gasteiger partial charge in [-0.15, -0.1) is 0 Å². The van der Waals surface area contributed by atoms with Crippen LogP contribution in [0.5, 0.6) is 5.75 Å². The van der Waals surface area contributed by atoms with Crippen LogP contribution < -0.4 is 10.1 Å². The fraction of sp³-hybridized carbons (Fsp3) is 0.250. The number of ether oxygens (including phenoxy) is 1. The summed E-state index contributed by atoms with van der Waals surface area (Å²) >= 11 is 0. The zero-order valence-corrected chi connectivity index (χ0v) is 22.2. The lowest BCUT2D eigenvalue weighted by atomic mass is 9.87. The molecule has 0 fully saturated rings. The summed E-state index contributed by atoms with van der Waals surface area (Å²) in [6, 6.07) is 22.6. The van der Waals surface area contributed by atoms with Gasteiger partial charge in [0.15, 0.2) is 5.76 Å². The number of hydrogen-bond donors (Lipinski definition) is 1. The van der Waals surface area contributed by atoms with Crippen LogP contribution in [0.15, 0.2) is 83.3 Å². The average molecular weight is 527 g/mol. The molecule has 2 amide bonds. The molecule has 4 aromatic rings. The third kappa shape index (κ3) is 5.87. The number of rotatable bonds is 7. The number of aryl methyl sites for hydroxylation is 1. The van der Waals surface area contributed by atoms with Crippen molar-refractivity contribution in [2.24, 2.45) is 5.92 Å². The van der Waals surface area contributed by atoms with Gasteiger partial charge in [0.1, 0.15) is 23.9 Å². The molecule has 0 saturated heterocycles. The second-order valence-corrected chi connectivity index (χ2v) is 10.1. The monoisotopic (exact) mass is 526 g/mol. The number of benzene rings is 3. The Hall–Kier alpha value is -4.39. The van der Waals surface area contributed by atoms with E-state index in [9.17, 15) is 14.0 Å². The molecule has 39 heavy (non-hydrogen) atoms. The van der Waals surface area contributed by atoms with Crippen molar-refractivity contribution in [1.29, 1.82) is 0 Å². The van der Waals surface area contributed by atoms with Gasteiger partial charge in [-0.05, 0) is 78.6 Å². The van der Waals surface area contributed by atoms with E-state index >= 15 is 0 Å². The van der Waals surface area contributed by atoms with Crippen LogP contribution >= 0.6 is 0 Å². The SMILES string of the molecule is Cc1ccc(NC(=O)c2ccc(COc3ccc4c(c3)[C@H](c3cccc(F)c3)N(C(=O)C(C)C)CC4)o2)cc1. The normalized spacial score (nSPS) is 14.7. The molecule has 0 bridgehead atoms. The number of amides is 2. The van der Waals surface area contributed by atoms with E-state index in [1.807, 2.05) is 74.2 Å². The molecule has 1 aromatic heterocycles. The Morgan fingerprint density at radius 2 is 1.85 bits per heavy atom. The van der Waals surface area contributed by atoms with Crippen molar-refractivity contribution >= 4 is 17.5 Å². The lowest BCUT2D eigenvalue weighted by molar-refractivity contribution is -0.136. The number of carbonyl (C=O) groups is 2. The van der Waals surface area contributed by atoms with E-state index in [2.05, 4.69) is 5.32 Å². The van der Waals surface area contributed by atoms with Gasteiger partial charge in [0.25, 0.3) is 5.91 Å². The van der Waals surface area contributed by atoms with Gasteiger partial charge in [0.05, 0.1) is 6.04 Å². The van der Waals surface area contributed by atoms with Crippen molar-refractivity contribution in [3.05, 3.63) is 118 Å². The van der Waals surface area contributed by atoms with Crippen molar-refractivity contribution in [3.8, 4) is 5.75 Å². The fourth-order valence-corrected chi connectivity index (χ4v) is 4.85. The number of fused-ring (bicyclic) bond motifs is 1. The number of halogens is 1. The molecule has 5 rings (SSSR count). The van der Waals surface area contributed by atoms with E-state index in [1.54, 1.807) is 18.2 Å². The van der Waals surface area contributed by atoms with Gasteiger partial charge in [-0.1, -0.05) is 49.7 Å². The molecule has 0 radical (unpaired) electrons. The fourth-order valence-electron chi connectivity index (χ4n) is 4.85. The molecule has 0 saturated carbocycles. The van der Waals surface area contributed by atoms with E-state index in [1.165, 1.54) is 12.1 Å². The number of anilines is 1. The second-order valence-electron chi connectivity index (χ2n) is 10.1. The number of nitrogens with one attached hydrogen (secondary N) is 1. The van der Waals surface area contributed by atoms with Gasteiger partial charge in [0, 0.05) is 18.2 Å². The molecule has 200 valence electrons. The average Bonchev–Trinajstić information content (AvgIpc) is 3.41. The van der Waals surface area contributed by atoms with Crippen LogP contribution in [-0.4, -0.2) is 23.3 Å². The minimum atomic E-state index is -0.413. The molecule has 6 nitrogen and oxygen atoms in total. The lowest BCUT2D eigenvalue weighted by Crippen LogP contribution is -2.42. The Kier molecular flexibility index (Phi) is 7.50. The van der Waals surface area contributed by atoms with Crippen molar-refractivity contribution in [3.63, 3.8) is 0 Å². The van der Waals surface area contributed by atoms with Crippen LogP contribution in [0.2, 0.25) is 0 Å². The Morgan fingerprint density at radius 1 is 1.05 bits per heavy atom. The molecule has 1 atom stereocenters. The topological polar surface area (TPSA) is 71.8 Å². The number of carbonyl (C=O) groups excluding carboxylic acids is 2. The summed E-state index contributed by atoms with van der Waals surface area (Å²) < 4.78 is 26.0. The Bertz CT molecular complexity index is 1490. The maximum absolute atomic E-state index is 14.2. The van der Waals surface area contributed by atoms with Crippen LogP contribution in [0.3, 0.4) is 0 Å². The predicted octanol–water partition coefficient (Wildman–Crippen LogP) is 6.69. The first-order valence-corrected chi connectivity index (χ1v) is 13.1. The van der Waals surface area contributed by atoms with Crippen LogP contribution in [0.1, 0.15) is 58.5 Å². The van der Waals surface area contributed by atoms with E-state index in [0.717, 1.165) is 22.3 Å². The molecule has 0 spiro atoms. The molecule has 1 N–H and O–H groups in total. The zero-order chi connectivity index (χ0) is 27.5. The quantitative estimate of drug-likeness (QED) is 0.291. The molecular weight excluding hydrogens is 495 g/mol. The maximum atomic E-state index is 14.2. The van der Waals surface area contributed by atoms with Gasteiger partial charge in [0.2, 0.25) is 5.91 Å². The van der Waals surface area contributed by atoms with E-state index < -0.39 is 6.04 Å². The summed E-state index contributed by atoms with van der Waals surface area (Å²) in [6.07, 6.45) is 0.706. The summed E-state index contributed by atoms with van der Waals surface area (Å²) in [7, 11) is 0. The van der Waals surface area contributed by atoms with Crippen molar-refractivity contribution < 1.29 is 23.1 Å². The summed E-state index contributed by atoms with van der Waals surface area (Å²) in [5, 5.41) is 2.82. The molecule has 3 aromatic carbocycles. The minimum Gasteiger partial charge on any atom is -0.486 e. The highest BCUT2D eigenvalue weighted by atomic mass is 19.1. The molecule has 7 heteroatoms. The summed E-state index contributed by atoms with van der Waals surface area (Å²) in [5.74, 6) is 0.437. The highest BCUT2D eigenvalue weighted by molar-refractivity contribution is 6.02. The van der Waals surface area contributed by atoms with Gasteiger partial charge in [-0.3, -0.25) is 9.59 Å². The number of nitrogens with zero attached hydrogens (tertiary/aromatic N) is 1. The smallest absolute Gasteiger partial charge is 0.291 e. The van der Waals surface area contributed by atoms with E-state index in [0.29, 0.717) is 30.2 Å². The largest absolute Gasteiger partial charge is 0.486 e. The molecule has 0 aliphatic carbocycles. The first kappa shape index (κ1) is 26.2. The predicted molar refractivity (Wildman–Crippen MR) is 147 cm³/mol. The molecule has 1 aliphatic rings. The van der Waals surface area contributed by atoms with Crippen LogP contribution in [0.25, 0.3) is 0 Å². The lowest BCUT2D eigenvalue weighted by Gasteiger charge is -2.39.